The van der Waals surface area contributed by atoms with Crippen LogP contribution < -0.4 is 5.32 Å². The number of carbonyl (C=O) groups excluding carboxylic acids is 2. The lowest BCUT2D eigenvalue weighted by Crippen LogP contribution is -2.31. The molecule has 1 fully saturated rings. The van der Waals surface area contributed by atoms with Crippen molar-refractivity contribution >= 4 is 35.5 Å². The molecule has 19 heavy (non-hydrogen) atoms. The number of ether oxygens (including phenoxy) is 1. The molecule has 108 valence electrons. The highest BCUT2D eigenvalue weighted by molar-refractivity contribution is 8.00. The minimum absolute atomic E-state index is 0.312. The van der Waals surface area contributed by atoms with Crippen molar-refractivity contribution < 1.29 is 34.1 Å². The first-order valence-corrected chi connectivity index (χ1v) is 6.32. The van der Waals surface area contributed by atoms with Crippen LogP contribution in [0.15, 0.2) is 0 Å². The van der Waals surface area contributed by atoms with E-state index < -0.39 is 24.5 Å². The van der Waals surface area contributed by atoms with Crippen molar-refractivity contribution in [3.63, 3.8) is 0 Å². The fraction of sp³-hybridized carbons (Fsp3) is 0.600. The molecule has 0 radical (unpaired) electrons. The Morgan fingerprint density at radius 3 is 2.21 bits per heavy atom. The van der Waals surface area contributed by atoms with Crippen LogP contribution in [0.5, 0.6) is 0 Å². The second-order valence-electron chi connectivity index (χ2n) is 3.48. The van der Waals surface area contributed by atoms with E-state index in [1.165, 1.54) is 18.7 Å². The Morgan fingerprint density at radius 1 is 1.26 bits per heavy atom. The molecule has 0 aromatic rings. The number of Topliss-reactive ketones (excluding diaryl/α,β-unsaturated/α-hetero) is 1. The fourth-order valence-electron chi connectivity index (χ4n) is 0.999. The summed E-state index contributed by atoms with van der Waals surface area (Å²) < 4.78 is 4.47. The summed E-state index contributed by atoms with van der Waals surface area (Å²) in [6, 6.07) is 0. The first kappa shape index (κ1) is 17.4. The molecule has 8 nitrogen and oxygen atoms in total. The zero-order valence-corrected chi connectivity index (χ0v) is 11.1. The van der Waals surface area contributed by atoms with Crippen LogP contribution in [0.1, 0.15) is 13.3 Å². The molecule has 0 spiro atoms. The normalized spacial score (nSPS) is 17.0. The van der Waals surface area contributed by atoms with Crippen molar-refractivity contribution in [2.75, 3.05) is 18.9 Å². The number of carbonyl (C=O) groups is 4. The zero-order valence-electron chi connectivity index (χ0n) is 10.2. The maximum absolute atomic E-state index is 11.0. The van der Waals surface area contributed by atoms with Crippen LogP contribution in [-0.2, 0) is 23.9 Å². The Morgan fingerprint density at radius 2 is 1.89 bits per heavy atom. The average Bonchev–Trinajstić information content (AvgIpc) is 2.78. The predicted molar refractivity (Wildman–Crippen MR) is 65.8 cm³/mol. The minimum atomic E-state index is -1.13. The Hall–Kier alpha value is -1.61. The van der Waals surface area contributed by atoms with Crippen molar-refractivity contribution in [3.05, 3.63) is 0 Å². The van der Waals surface area contributed by atoms with Crippen LogP contribution >= 0.6 is 11.8 Å². The van der Waals surface area contributed by atoms with E-state index in [-0.39, 0.29) is 17.6 Å². The van der Waals surface area contributed by atoms with Gasteiger partial charge in [0.25, 0.3) is 0 Å². The molecule has 0 amide bonds. The summed E-state index contributed by atoms with van der Waals surface area (Å²) in [6.45, 7) is 1.45. The van der Waals surface area contributed by atoms with Crippen LogP contribution in [0.3, 0.4) is 0 Å². The molecule has 1 rings (SSSR count). The first-order valence-electron chi connectivity index (χ1n) is 5.27. The maximum atomic E-state index is 11.0. The minimum Gasteiger partial charge on any atom is -0.481 e. The number of hydrogen-bond acceptors (Lipinski definition) is 7. The molecule has 1 aliphatic rings. The Labute approximate surface area is 113 Å². The summed E-state index contributed by atoms with van der Waals surface area (Å²) in [7, 11) is 0. The smallest absolute Gasteiger partial charge is 0.341 e. The Balaban J connectivity index is 0.000000399. The average molecular weight is 293 g/mol. The topological polar surface area (TPSA) is 130 Å². The SMILES string of the molecule is CC(=O)CC(=O)O.O=C(O)COC(=O)C1NCCS1. The molecular formula is C10H15NO7S. The number of esters is 1. The third-order valence-corrected chi connectivity index (χ3v) is 2.80. The van der Waals surface area contributed by atoms with Gasteiger partial charge in [-0.1, -0.05) is 0 Å². The molecule has 0 saturated carbocycles. The Kier molecular flexibility index (Phi) is 8.55. The van der Waals surface area contributed by atoms with Crippen molar-refractivity contribution in [3.8, 4) is 0 Å². The van der Waals surface area contributed by atoms with Crippen molar-refractivity contribution in [1.29, 1.82) is 0 Å². The summed E-state index contributed by atoms with van der Waals surface area (Å²) in [6.07, 6.45) is -0.361. The number of rotatable bonds is 5. The molecule has 1 atom stereocenters. The van der Waals surface area contributed by atoms with Gasteiger partial charge in [0, 0.05) is 12.3 Å². The van der Waals surface area contributed by atoms with Crippen molar-refractivity contribution in [1.82, 2.24) is 5.32 Å². The van der Waals surface area contributed by atoms with E-state index in [2.05, 4.69) is 10.1 Å². The summed E-state index contributed by atoms with van der Waals surface area (Å²) in [5.41, 5.74) is 0. The van der Waals surface area contributed by atoms with Gasteiger partial charge in [0.05, 0.1) is 0 Å². The van der Waals surface area contributed by atoms with Gasteiger partial charge in [0.1, 0.15) is 12.2 Å². The quantitative estimate of drug-likeness (QED) is 0.446. The lowest BCUT2D eigenvalue weighted by Gasteiger charge is -2.06. The van der Waals surface area contributed by atoms with Crippen molar-refractivity contribution in [2.45, 2.75) is 18.7 Å². The highest BCUT2D eigenvalue weighted by Gasteiger charge is 2.24. The van der Waals surface area contributed by atoms with Gasteiger partial charge in [-0.3, -0.25) is 14.9 Å². The van der Waals surface area contributed by atoms with Gasteiger partial charge in [-0.25, -0.2) is 9.59 Å². The molecule has 0 bridgehead atoms. The van der Waals surface area contributed by atoms with Crippen LogP contribution in [0.2, 0.25) is 0 Å². The van der Waals surface area contributed by atoms with Gasteiger partial charge < -0.3 is 14.9 Å². The van der Waals surface area contributed by atoms with E-state index in [0.29, 0.717) is 0 Å². The molecule has 3 N–H and O–H groups in total. The lowest BCUT2D eigenvalue weighted by molar-refractivity contribution is -0.154. The fourth-order valence-corrected chi connectivity index (χ4v) is 1.91. The third kappa shape index (κ3) is 10.0. The lowest BCUT2D eigenvalue weighted by atomic mass is 10.3. The second-order valence-corrected chi connectivity index (χ2v) is 4.69. The van der Waals surface area contributed by atoms with Crippen molar-refractivity contribution in [2.24, 2.45) is 0 Å². The summed E-state index contributed by atoms with van der Waals surface area (Å²) in [4.78, 5) is 40.5. The number of aliphatic carboxylic acids is 2. The molecule has 0 aliphatic carbocycles. The zero-order chi connectivity index (χ0) is 14.8. The summed E-state index contributed by atoms with van der Waals surface area (Å²) in [5, 5.41) is 18.6. The molecule has 0 aromatic carbocycles. The van der Waals surface area contributed by atoms with Crippen LogP contribution in [0, 0.1) is 0 Å². The van der Waals surface area contributed by atoms with E-state index in [0.717, 1.165) is 12.3 Å². The predicted octanol–water partition coefficient (Wildman–Crippen LogP) is -0.673. The van der Waals surface area contributed by atoms with E-state index in [1.54, 1.807) is 0 Å². The van der Waals surface area contributed by atoms with E-state index in [4.69, 9.17) is 10.2 Å². The standard InChI is InChI=1S/C6H9NO4S.C4H6O3/c8-4(9)3-11-6(10)5-7-1-2-12-5;1-3(5)2-4(6)7/h5,7H,1-3H2,(H,8,9);2H2,1H3,(H,6,7). The number of carboxylic acid groups (broad SMARTS) is 2. The third-order valence-electron chi connectivity index (χ3n) is 1.67. The number of thioether (sulfide) groups is 1. The molecule has 1 aliphatic heterocycles. The number of ketones is 1. The van der Waals surface area contributed by atoms with E-state index >= 15 is 0 Å². The summed E-state index contributed by atoms with van der Waals surface area (Å²) in [5.74, 6) is -2.15. The highest BCUT2D eigenvalue weighted by atomic mass is 32.2. The van der Waals surface area contributed by atoms with Gasteiger partial charge in [0.2, 0.25) is 0 Å². The molecule has 1 unspecified atom stereocenters. The van der Waals surface area contributed by atoms with Gasteiger partial charge >= 0.3 is 17.9 Å². The van der Waals surface area contributed by atoms with Gasteiger partial charge in [0.15, 0.2) is 12.0 Å². The number of carboxylic acids is 2. The molecular weight excluding hydrogens is 278 g/mol. The summed E-state index contributed by atoms with van der Waals surface area (Å²) >= 11 is 1.42. The number of nitrogens with one attached hydrogen (secondary N) is 1. The molecule has 0 aromatic heterocycles. The second kappa shape index (κ2) is 9.34. The highest BCUT2D eigenvalue weighted by Crippen LogP contribution is 2.14. The molecule has 1 saturated heterocycles. The number of hydrogen-bond donors (Lipinski definition) is 3. The van der Waals surface area contributed by atoms with Gasteiger partial charge in [-0.05, 0) is 6.92 Å². The van der Waals surface area contributed by atoms with Gasteiger partial charge in [-0.2, -0.15) is 0 Å². The molecule has 1 heterocycles. The molecule has 9 heteroatoms. The van der Waals surface area contributed by atoms with Gasteiger partial charge in [-0.15, -0.1) is 11.8 Å². The monoisotopic (exact) mass is 293 g/mol. The van der Waals surface area contributed by atoms with Crippen LogP contribution in [0.4, 0.5) is 0 Å². The van der Waals surface area contributed by atoms with Crippen LogP contribution in [-0.4, -0.2) is 58.2 Å². The van der Waals surface area contributed by atoms with E-state index in [9.17, 15) is 19.2 Å². The Bertz CT molecular complexity index is 340. The maximum Gasteiger partial charge on any atom is 0.341 e. The van der Waals surface area contributed by atoms with Crippen LogP contribution in [0.25, 0.3) is 0 Å². The van der Waals surface area contributed by atoms with E-state index in [1.807, 2.05) is 0 Å². The first-order chi connectivity index (χ1) is 8.82. The largest absolute Gasteiger partial charge is 0.481 e.